The maximum Gasteiger partial charge on any atom is 0.417 e. The molecule has 1 aromatic carbocycles. The maximum absolute atomic E-state index is 13.4. The number of nitrogens with two attached hydrogens (primary N) is 1. The van der Waals surface area contributed by atoms with Gasteiger partial charge in [0.25, 0.3) is 0 Å². The Bertz CT molecular complexity index is 478. The molecule has 0 aliphatic rings. The van der Waals surface area contributed by atoms with Crippen molar-refractivity contribution in [1.29, 1.82) is 0 Å². The van der Waals surface area contributed by atoms with E-state index in [9.17, 15) is 17.6 Å². The first kappa shape index (κ1) is 16.3. The molecule has 0 aliphatic heterocycles. The van der Waals surface area contributed by atoms with Gasteiger partial charge in [-0.25, -0.2) is 4.39 Å². The Morgan fingerprint density at radius 1 is 1.22 bits per heavy atom. The monoisotopic (exact) mass is 261 g/mol. The van der Waals surface area contributed by atoms with Crippen LogP contribution in [0.15, 0.2) is 6.07 Å². The number of anilines is 1. The largest absolute Gasteiger partial charge is 0.417 e. The summed E-state index contributed by atoms with van der Waals surface area (Å²) in [7, 11) is 0. The van der Waals surface area contributed by atoms with Crippen molar-refractivity contribution in [1.82, 2.24) is 0 Å². The molecule has 0 unspecified atom stereocenters. The summed E-state index contributed by atoms with van der Waals surface area (Å²) >= 11 is 0. The van der Waals surface area contributed by atoms with Crippen LogP contribution < -0.4 is 5.73 Å². The van der Waals surface area contributed by atoms with Crippen molar-refractivity contribution >= 4 is 5.69 Å². The van der Waals surface area contributed by atoms with Gasteiger partial charge in [0.05, 0.1) is 16.8 Å². The van der Waals surface area contributed by atoms with Crippen LogP contribution in [-0.2, 0) is 6.18 Å². The van der Waals surface area contributed by atoms with E-state index in [1.807, 2.05) is 13.8 Å². The molecule has 0 saturated carbocycles. The molecule has 1 nitrogen and oxygen atoms in total. The molecule has 0 radical (unpaired) electrons. The highest BCUT2D eigenvalue weighted by Gasteiger charge is 2.36. The summed E-state index contributed by atoms with van der Waals surface area (Å²) in [5.74, 6) is 3.24. The predicted molar refractivity (Wildman–Crippen MR) is 64.5 cm³/mol. The average molecular weight is 261 g/mol. The molecule has 1 rings (SSSR count). The van der Waals surface area contributed by atoms with E-state index in [0.29, 0.717) is 0 Å². The van der Waals surface area contributed by atoms with Crippen molar-refractivity contribution < 1.29 is 17.6 Å². The van der Waals surface area contributed by atoms with E-state index in [0.717, 1.165) is 6.07 Å². The first-order chi connectivity index (χ1) is 8.29. The molecule has 2 N–H and O–H groups in total. The number of alkyl halides is 3. The zero-order valence-corrected chi connectivity index (χ0v) is 10.7. The van der Waals surface area contributed by atoms with Gasteiger partial charge in [0.1, 0.15) is 0 Å². The molecule has 1 aromatic rings. The topological polar surface area (TPSA) is 26.0 Å². The lowest BCUT2D eigenvalue weighted by Crippen LogP contribution is -2.13. The Hall–Kier alpha value is -1.70. The number of hydrogen-bond acceptors (Lipinski definition) is 1. The third kappa shape index (κ3) is 3.39. The van der Waals surface area contributed by atoms with Gasteiger partial charge in [-0.05, 0) is 25.5 Å². The molecule has 0 fully saturated rings. The summed E-state index contributed by atoms with van der Waals surface area (Å²) in [6.45, 7) is 6.55. The van der Waals surface area contributed by atoms with Gasteiger partial charge in [0, 0.05) is 0 Å². The molecule has 0 spiro atoms. The number of halogens is 4. The summed E-state index contributed by atoms with van der Waals surface area (Å²) < 4.78 is 51.4. The van der Waals surface area contributed by atoms with E-state index in [1.54, 1.807) is 0 Å². The fraction of sp³-hybridized carbons (Fsp3) is 0.385. The summed E-state index contributed by atoms with van der Waals surface area (Å²) in [6.07, 6.45) is -4.64. The number of rotatable bonds is 0. The average Bonchev–Trinajstić information content (AvgIpc) is 2.26. The second kappa shape index (κ2) is 6.29. The Balaban J connectivity index is 0.00000137. The van der Waals surface area contributed by atoms with Gasteiger partial charge < -0.3 is 5.73 Å². The smallest absolute Gasteiger partial charge is 0.396 e. The quantitative estimate of drug-likeness (QED) is 0.424. The number of benzene rings is 1. The van der Waals surface area contributed by atoms with E-state index < -0.39 is 23.1 Å². The zero-order chi connectivity index (χ0) is 14.5. The van der Waals surface area contributed by atoms with Crippen LogP contribution >= 0.6 is 0 Å². The molecule has 0 atom stereocenters. The normalized spacial score (nSPS) is 10.0. The van der Waals surface area contributed by atoms with E-state index in [4.69, 9.17) is 5.73 Å². The summed E-state index contributed by atoms with van der Waals surface area (Å²) in [4.78, 5) is 0. The van der Waals surface area contributed by atoms with Gasteiger partial charge in [-0.3, -0.25) is 0 Å². The van der Waals surface area contributed by atoms with Gasteiger partial charge in [0.15, 0.2) is 5.82 Å². The van der Waals surface area contributed by atoms with Crippen LogP contribution in [0.3, 0.4) is 0 Å². The Morgan fingerprint density at radius 2 is 1.72 bits per heavy atom. The van der Waals surface area contributed by atoms with Crippen LogP contribution in [0.4, 0.5) is 23.2 Å². The SMILES string of the molecule is CC.CC#Cc1c(F)c(N)cc(C)c1C(F)(F)F. The van der Waals surface area contributed by atoms with E-state index in [1.165, 1.54) is 13.8 Å². The van der Waals surface area contributed by atoms with Crippen molar-refractivity contribution in [2.45, 2.75) is 33.9 Å². The van der Waals surface area contributed by atoms with Crippen LogP contribution in [0, 0.1) is 24.6 Å². The van der Waals surface area contributed by atoms with Crippen LogP contribution in [0.2, 0.25) is 0 Å². The molecule has 0 aliphatic carbocycles. The van der Waals surface area contributed by atoms with Gasteiger partial charge in [0.2, 0.25) is 0 Å². The fourth-order valence-corrected chi connectivity index (χ4v) is 1.43. The maximum atomic E-state index is 13.4. The first-order valence-electron chi connectivity index (χ1n) is 5.37. The van der Waals surface area contributed by atoms with Crippen molar-refractivity contribution in [3.63, 3.8) is 0 Å². The van der Waals surface area contributed by atoms with Crippen molar-refractivity contribution in [3.05, 3.63) is 28.6 Å². The molecular weight excluding hydrogens is 246 g/mol. The van der Waals surface area contributed by atoms with E-state index in [-0.39, 0.29) is 11.3 Å². The van der Waals surface area contributed by atoms with Gasteiger partial charge in [-0.1, -0.05) is 19.8 Å². The molecule has 0 amide bonds. The Labute approximate surface area is 104 Å². The Kier molecular flexibility index (Phi) is 5.70. The van der Waals surface area contributed by atoms with Gasteiger partial charge in [-0.2, -0.15) is 13.2 Å². The molecule has 100 valence electrons. The lowest BCUT2D eigenvalue weighted by Gasteiger charge is -2.14. The minimum atomic E-state index is -4.64. The van der Waals surface area contributed by atoms with Crippen molar-refractivity contribution in [2.75, 3.05) is 5.73 Å². The van der Waals surface area contributed by atoms with Crippen molar-refractivity contribution in [3.8, 4) is 11.8 Å². The highest BCUT2D eigenvalue weighted by atomic mass is 19.4. The second-order valence-electron chi connectivity index (χ2n) is 3.22. The standard InChI is InChI=1S/C11H9F4N.C2H6/c1-3-4-7-9(11(13,14)15)6(2)5-8(16)10(7)12;1-2/h5H,16H2,1-2H3;1-2H3. The van der Waals surface area contributed by atoms with Gasteiger partial charge in [-0.15, -0.1) is 5.92 Å². The highest BCUT2D eigenvalue weighted by Crippen LogP contribution is 2.36. The molecule has 5 heteroatoms. The fourth-order valence-electron chi connectivity index (χ4n) is 1.43. The number of aryl methyl sites for hydroxylation is 1. The van der Waals surface area contributed by atoms with Crippen LogP contribution in [0.25, 0.3) is 0 Å². The minimum absolute atomic E-state index is 0.135. The number of nitrogen functional groups attached to an aromatic ring is 1. The highest BCUT2D eigenvalue weighted by molar-refractivity contribution is 5.57. The van der Waals surface area contributed by atoms with E-state index >= 15 is 0 Å². The lowest BCUT2D eigenvalue weighted by molar-refractivity contribution is -0.138. The molecule has 0 saturated heterocycles. The lowest BCUT2D eigenvalue weighted by atomic mass is 10.00. The summed E-state index contributed by atoms with van der Waals surface area (Å²) in [6, 6.07) is 0.957. The molecule has 0 bridgehead atoms. The summed E-state index contributed by atoms with van der Waals surface area (Å²) in [5.41, 5.74) is 3.04. The van der Waals surface area contributed by atoms with Crippen LogP contribution in [-0.4, -0.2) is 0 Å². The molecule has 18 heavy (non-hydrogen) atoms. The molecule has 0 aromatic heterocycles. The minimum Gasteiger partial charge on any atom is -0.396 e. The number of hydrogen-bond donors (Lipinski definition) is 1. The third-order valence-corrected chi connectivity index (χ3v) is 2.02. The van der Waals surface area contributed by atoms with E-state index in [2.05, 4.69) is 11.8 Å². The Morgan fingerprint density at radius 3 is 2.11 bits per heavy atom. The molecular formula is C13H15F4N. The second-order valence-corrected chi connectivity index (χ2v) is 3.22. The van der Waals surface area contributed by atoms with Gasteiger partial charge >= 0.3 is 6.18 Å². The van der Waals surface area contributed by atoms with Crippen LogP contribution in [0.1, 0.15) is 37.5 Å². The third-order valence-electron chi connectivity index (χ3n) is 2.02. The van der Waals surface area contributed by atoms with Crippen LogP contribution in [0.5, 0.6) is 0 Å². The zero-order valence-electron chi connectivity index (χ0n) is 10.7. The van der Waals surface area contributed by atoms with Crippen molar-refractivity contribution in [2.24, 2.45) is 0 Å². The molecule has 0 heterocycles. The predicted octanol–water partition coefficient (Wildman–Crippen LogP) is 4.13. The summed E-state index contributed by atoms with van der Waals surface area (Å²) in [5, 5.41) is 0. The first-order valence-corrected chi connectivity index (χ1v) is 5.37.